The first-order chi connectivity index (χ1) is 13.2. The zero-order valence-corrected chi connectivity index (χ0v) is 17.1. The summed E-state index contributed by atoms with van der Waals surface area (Å²) in [6.07, 6.45) is 5.17. The zero-order chi connectivity index (χ0) is 21.5. The van der Waals surface area contributed by atoms with Gasteiger partial charge >= 0.3 is 11.9 Å². The molecule has 2 atom stereocenters. The van der Waals surface area contributed by atoms with Gasteiger partial charge in [0.25, 0.3) is 0 Å². The first-order valence-corrected chi connectivity index (χ1v) is 9.41. The highest BCUT2D eigenvalue weighted by Crippen LogP contribution is 2.16. The van der Waals surface area contributed by atoms with Gasteiger partial charge in [0.2, 0.25) is 0 Å². The molecule has 0 aromatic carbocycles. The number of epoxide rings is 2. The Balaban J connectivity index is 0.000000505. The normalized spacial score (nSPS) is 19.8. The standard InChI is InChI=1S/C12H22O4.2C4H6O2/c1-2-3-4-5-12(15-8-10-6-13-10)16-9-11-7-14-11;2*1-3(2)4(5)6/h10-12H,2-9H2,1H3;2*1H2,2H3,(H,5,6). The van der Waals surface area contributed by atoms with E-state index >= 15 is 0 Å². The van der Waals surface area contributed by atoms with E-state index in [9.17, 15) is 9.59 Å². The Morgan fingerprint density at radius 1 is 0.964 bits per heavy atom. The van der Waals surface area contributed by atoms with Gasteiger partial charge in [-0.3, -0.25) is 0 Å². The van der Waals surface area contributed by atoms with E-state index in [2.05, 4.69) is 20.1 Å². The van der Waals surface area contributed by atoms with Crippen LogP contribution in [0.3, 0.4) is 0 Å². The van der Waals surface area contributed by atoms with Gasteiger partial charge in [0.1, 0.15) is 12.2 Å². The molecule has 2 aliphatic rings. The van der Waals surface area contributed by atoms with Crippen LogP contribution in [0.4, 0.5) is 0 Å². The average molecular weight is 402 g/mol. The molecule has 0 radical (unpaired) electrons. The summed E-state index contributed by atoms with van der Waals surface area (Å²) in [6.45, 7) is 14.4. The SMILES string of the molecule is C=C(C)C(=O)O.C=C(C)C(=O)O.CCCCCC(OCC1CO1)OCC1CO1. The van der Waals surface area contributed by atoms with E-state index in [0.717, 1.165) is 26.1 Å². The summed E-state index contributed by atoms with van der Waals surface area (Å²) >= 11 is 0. The molecule has 2 heterocycles. The number of hydrogen-bond donors (Lipinski definition) is 2. The molecule has 0 aromatic rings. The third-order valence-electron chi connectivity index (χ3n) is 3.51. The van der Waals surface area contributed by atoms with Crippen molar-refractivity contribution in [2.24, 2.45) is 0 Å². The van der Waals surface area contributed by atoms with Gasteiger partial charge < -0.3 is 29.2 Å². The number of ether oxygens (including phenoxy) is 4. The van der Waals surface area contributed by atoms with Crippen LogP contribution in [-0.4, -0.2) is 67.1 Å². The Kier molecular flexibility index (Phi) is 14.3. The Labute approximate surface area is 167 Å². The maximum atomic E-state index is 9.60. The minimum absolute atomic E-state index is 0.0695. The number of rotatable bonds is 12. The second kappa shape index (κ2) is 15.2. The Bertz CT molecular complexity index is 430. The number of carboxylic acid groups (broad SMARTS) is 2. The third kappa shape index (κ3) is 17.7. The van der Waals surface area contributed by atoms with Crippen LogP contribution in [0, 0.1) is 0 Å². The predicted molar refractivity (Wildman–Crippen MR) is 104 cm³/mol. The van der Waals surface area contributed by atoms with Crippen LogP contribution in [0.15, 0.2) is 24.3 Å². The van der Waals surface area contributed by atoms with Crippen LogP contribution >= 0.6 is 0 Å². The van der Waals surface area contributed by atoms with Crippen LogP contribution in [0.25, 0.3) is 0 Å². The minimum atomic E-state index is -0.935. The van der Waals surface area contributed by atoms with Gasteiger partial charge in [0.15, 0.2) is 6.29 Å². The van der Waals surface area contributed by atoms with Crippen molar-refractivity contribution in [3.8, 4) is 0 Å². The lowest BCUT2D eigenvalue weighted by atomic mass is 10.2. The lowest BCUT2D eigenvalue weighted by molar-refractivity contribution is -0.151. The Morgan fingerprint density at radius 3 is 1.57 bits per heavy atom. The fraction of sp³-hybridized carbons (Fsp3) is 0.700. The molecule has 2 N–H and O–H groups in total. The lowest BCUT2D eigenvalue weighted by Crippen LogP contribution is -2.22. The number of aliphatic carboxylic acids is 2. The maximum Gasteiger partial charge on any atom is 0.330 e. The van der Waals surface area contributed by atoms with Gasteiger partial charge in [0.05, 0.1) is 26.4 Å². The summed E-state index contributed by atoms with van der Waals surface area (Å²) in [7, 11) is 0. The largest absolute Gasteiger partial charge is 0.478 e. The van der Waals surface area contributed by atoms with Crippen LogP contribution in [0.5, 0.6) is 0 Å². The van der Waals surface area contributed by atoms with E-state index in [1.54, 1.807) is 0 Å². The van der Waals surface area contributed by atoms with Gasteiger partial charge in [-0.1, -0.05) is 32.9 Å². The molecule has 162 valence electrons. The summed E-state index contributed by atoms with van der Waals surface area (Å²) in [4.78, 5) is 19.2. The second-order valence-corrected chi connectivity index (χ2v) is 6.67. The predicted octanol–water partition coefficient (Wildman–Crippen LogP) is 3.02. The van der Waals surface area contributed by atoms with Crippen LogP contribution in [0.2, 0.25) is 0 Å². The fourth-order valence-corrected chi connectivity index (χ4v) is 1.53. The molecule has 0 amide bonds. The molecular formula is C20H34O8. The summed E-state index contributed by atoms with van der Waals surface area (Å²) in [5.41, 5.74) is 0.352. The van der Waals surface area contributed by atoms with E-state index < -0.39 is 11.9 Å². The summed E-state index contributed by atoms with van der Waals surface area (Å²) < 4.78 is 21.6. The van der Waals surface area contributed by atoms with E-state index in [-0.39, 0.29) is 17.4 Å². The second-order valence-electron chi connectivity index (χ2n) is 6.67. The van der Waals surface area contributed by atoms with Crippen molar-refractivity contribution in [1.82, 2.24) is 0 Å². The maximum absolute atomic E-state index is 9.60. The molecule has 0 spiro atoms. The molecule has 2 rings (SSSR count). The van der Waals surface area contributed by atoms with Gasteiger partial charge in [-0.15, -0.1) is 0 Å². The monoisotopic (exact) mass is 402 g/mol. The molecule has 0 aromatic heterocycles. The number of hydrogen-bond acceptors (Lipinski definition) is 6. The van der Waals surface area contributed by atoms with E-state index in [1.165, 1.54) is 26.7 Å². The third-order valence-corrected chi connectivity index (χ3v) is 3.51. The lowest BCUT2D eigenvalue weighted by Gasteiger charge is -2.17. The first kappa shape index (κ1) is 26.3. The molecule has 28 heavy (non-hydrogen) atoms. The molecule has 0 bridgehead atoms. The molecule has 2 fully saturated rings. The summed E-state index contributed by atoms with van der Waals surface area (Å²) in [6, 6.07) is 0. The van der Waals surface area contributed by atoms with Crippen molar-refractivity contribution in [3.63, 3.8) is 0 Å². The van der Waals surface area contributed by atoms with E-state index in [1.807, 2.05) is 0 Å². The van der Waals surface area contributed by atoms with Gasteiger partial charge in [-0.05, 0) is 26.7 Å². The molecule has 8 heteroatoms. The van der Waals surface area contributed by atoms with Crippen LogP contribution in [-0.2, 0) is 28.5 Å². The minimum Gasteiger partial charge on any atom is -0.478 e. The van der Waals surface area contributed by atoms with Crippen molar-refractivity contribution in [2.45, 2.75) is 65.0 Å². The molecule has 8 nitrogen and oxygen atoms in total. The van der Waals surface area contributed by atoms with E-state index in [0.29, 0.717) is 25.4 Å². The van der Waals surface area contributed by atoms with Crippen molar-refractivity contribution in [1.29, 1.82) is 0 Å². The van der Waals surface area contributed by atoms with Crippen LogP contribution in [0.1, 0.15) is 46.5 Å². The molecule has 0 aliphatic carbocycles. The summed E-state index contributed by atoms with van der Waals surface area (Å²) in [5.74, 6) is -1.87. The Morgan fingerprint density at radius 2 is 1.32 bits per heavy atom. The smallest absolute Gasteiger partial charge is 0.330 e. The van der Waals surface area contributed by atoms with Gasteiger partial charge in [-0.25, -0.2) is 9.59 Å². The first-order valence-electron chi connectivity index (χ1n) is 9.41. The zero-order valence-electron chi connectivity index (χ0n) is 17.1. The Hall–Kier alpha value is -1.74. The molecule has 2 saturated heterocycles. The topological polar surface area (TPSA) is 118 Å². The van der Waals surface area contributed by atoms with Crippen LogP contribution < -0.4 is 0 Å². The molecule has 2 unspecified atom stereocenters. The number of unbranched alkanes of at least 4 members (excludes halogenated alkanes) is 2. The highest BCUT2D eigenvalue weighted by molar-refractivity contribution is 5.85. The molecule has 0 saturated carbocycles. The number of carbonyl (C=O) groups is 2. The van der Waals surface area contributed by atoms with E-state index in [4.69, 9.17) is 29.2 Å². The summed E-state index contributed by atoms with van der Waals surface area (Å²) in [5, 5.41) is 15.8. The number of carboxylic acids is 2. The average Bonchev–Trinajstić information content (AvgIpc) is 3.53. The van der Waals surface area contributed by atoms with Gasteiger partial charge in [0, 0.05) is 11.1 Å². The fourth-order valence-electron chi connectivity index (χ4n) is 1.53. The van der Waals surface area contributed by atoms with Crippen molar-refractivity contribution in [2.75, 3.05) is 26.4 Å². The molecular weight excluding hydrogens is 368 g/mol. The van der Waals surface area contributed by atoms with Crippen molar-refractivity contribution in [3.05, 3.63) is 24.3 Å². The van der Waals surface area contributed by atoms with Gasteiger partial charge in [-0.2, -0.15) is 0 Å². The highest BCUT2D eigenvalue weighted by Gasteiger charge is 2.27. The van der Waals surface area contributed by atoms with Crippen molar-refractivity contribution < 1.29 is 38.7 Å². The van der Waals surface area contributed by atoms with Crippen molar-refractivity contribution >= 4 is 11.9 Å². The molecule has 2 aliphatic heterocycles. The quantitative estimate of drug-likeness (QED) is 0.221. The highest BCUT2D eigenvalue weighted by atomic mass is 16.7.